The Kier molecular flexibility index (Phi) is 6.86. The lowest BCUT2D eigenvalue weighted by atomic mass is 10.00. The van der Waals surface area contributed by atoms with E-state index in [1.807, 2.05) is 0 Å². The van der Waals surface area contributed by atoms with E-state index in [1.165, 1.54) is 0 Å². The highest BCUT2D eigenvalue weighted by atomic mass is 19.4. The third-order valence-electron chi connectivity index (χ3n) is 3.04. The van der Waals surface area contributed by atoms with Crippen molar-refractivity contribution in [3.05, 3.63) is 0 Å². The number of rotatable bonds is 6. The molecule has 0 N–H and O–H groups in total. The summed E-state index contributed by atoms with van der Waals surface area (Å²) in [4.78, 5) is -4.59. The monoisotopic (exact) mass is 467 g/mol. The molecule has 28 heavy (non-hydrogen) atoms. The summed E-state index contributed by atoms with van der Waals surface area (Å²) < 4.78 is 229. The van der Waals surface area contributed by atoms with E-state index in [2.05, 4.69) is 0 Å². The maximum absolute atomic E-state index is 13.8. The molecule has 0 aliphatic rings. The van der Waals surface area contributed by atoms with Gasteiger partial charge in [0.15, 0.2) is 0 Å². The fourth-order valence-corrected chi connectivity index (χ4v) is 1.75. The van der Waals surface area contributed by atoms with Gasteiger partial charge in [0, 0.05) is 0 Å². The highest BCUT2D eigenvalue weighted by Gasteiger charge is 2.88. The van der Waals surface area contributed by atoms with Crippen LogP contribution in [0.4, 0.5) is 79.0 Å². The summed E-state index contributed by atoms with van der Waals surface area (Å²) in [5, 5.41) is 0. The van der Waals surface area contributed by atoms with Gasteiger partial charge in [-0.25, -0.2) is 39.5 Å². The lowest BCUT2D eigenvalue weighted by Gasteiger charge is -2.51. The Morgan fingerprint density at radius 2 is 0.500 bits per heavy atom. The topological polar surface area (TPSA) is 3.24 Å². The van der Waals surface area contributed by atoms with Crippen LogP contribution in [-0.2, 0) is 0 Å². The molecule has 170 valence electrons. The molecule has 0 aliphatic heterocycles. The van der Waals surface area contributed by atoms with Gasteiger partial charge in [-0.3, -0.25) is 0 Å². The highest BCUT2D eigenvalue weighted by Crippen LogP contribution is 2.59. The first kappa shape index (κ1) is 26.7. The van der Waals surface area contributed by atoms with E-state index in [1.54, 1.807) is 0 Å². The zero-order valence-electron chi connectivity index (χ0n) is 12.0. The number of nitrogens with zero attached hydrogens (tertiary/aromatic N) is 1. The molecule has 0 aromatic rings. The van der Waals surface area contributed by atoms with Gasteiger partial charge in [-0.15, -0.1) is 0 Å². The van der Waals surface area contributed by atoms with Gasteiger partial charge < -0.3 is 0 Å². The van der Waals surface area contributed by atoms with E-state index in [0.717, 1.165) is 0 Å². The molecular formula is C9H3F18N. The van der Waals surface area contributed by atoms with Crippen LogP contribution in [0.2, 0.25) is 0 Å². The molecular weight excluding hydrogens is 464 g/mol. The smallest absolute Gasteiger partial charge is 0.209 e. The first-order chi connectivity index (χ1) is 11.9. The van der Waals surface area contributed by atoms with Crippen molar-refractivity contribution in [2.24, 2.45) is 0 Å². The predicted octanol–water partition coefficient (Wildman–Crippen LogP) is 5.77. The minimum Gasteiger partial charge on any atom is -0.209 e. The maximum atomic E-state index is 13.8. The standard InChI is InChI=1S/C9H3F18N/c10-1(11)4(16,7(19,20)21)28(5(17,2(12)13)8(22,23)24)6(18,3(14)15)9(25,26)27/h1-3H. The van der Waals surface area contributed by atoms with Gasteiger partial charge in [0.05, 0.1) is 0 Å². The SMILES string of the molecule is FC(F)C(F)(N(C(F)(C(F)F)C(F)(F)F)C(F)(C(F)F)C(F)(F)F)C(F)(F)F. The summed E-state index contributed by atoms with van der Waals surface area (Å²) in [5.41, 5.74) is 0. The van der Waals surface area contributed by atoms with Crippen LogP contribution in [0, 0.1) is 0 Å². The van der Waals surface area contributed by atoms with Crippen molar-refractivity contribution in [3.63, 3.8) is 0 Å². The van der Waals surface area contributed by atoms with Gasteiger partial charge in [0.25, 0.3) is 19.3 Å². The Morgan fingerprint density at radius 1 is 0.357 bits per heavy atom. The summed E-state index contributed by atoms with van der Waals surface area (Å²) in [6.45, 7) is 0. The van der Waals surface area contributed by atoms with Gasteiger partial charge in [0.1, 0.15) is 0 Å². The van der Waals surface area contributed by atoms with E-state index in [0.29, 0.717) is 0 Å². The molecule has 0 bridgehead atoms. The van der Waals surface area contributed by atoms with Crippen LogP contribution < -0.4 is 0 Å². The molecule has 0 aromatic heterocycles. The predicted molar refractivity (Wildman–Crippen MR) is 49.5 cm³/mol. The second-order valence-electron chi connectivity index (χ2n) is 4.75. The third kappa shape index (κ3) is 3.64. The van der Waals surface area contributed by atoms with Crippen molar-refractivity contribution >= 4 is 0 Å². The summed E-state index contributed by atoms with van der Waals surface area (Å²) in [5.74, 6) is -23.8. The Morgan fingerprint density at radius 3 is 0.571 bits per heavy atom. The second kappa shape index (κ2) is 7.19. The Balaban J connectivity index is 7.67. The Bertz CT molecular complexity index is 457. The van der Waals surface area contributed by atoms with Gasteiger partial charge in [-0.1, -0.05) is 0 Å². The minimum atomic E-state index is -7.95. The molecule has 0 saturated carbocycles. The number of alkyl halides is 18. The first-order valence-electron chi connectivity index (χ1n) is 5.86. The Hall–Kier alpha value is -1.30. The number of hydrogen-bond donors (Lipinski definition) is 0. The third-order valence-corrected chi connectivity index (χ3v) is 3.04. The lowest BCUT2D eigenvalue weighted by Crippen LogP contribution is -2.81. The average Bonchev–Trinajstić information content (AvgIpc) is 2.42. The van der Waals surface area contributed by atoms with Gasteiger partial charge in [0.2, 0.25) is 0 Å². The molecule has 0 aliphatic carbocycles. The molecule has 0 fully saturated rings. The lowest BCUT2D eigenvalue weighted by molar-refractivity contribution is -0.473. The summed E-state index contributed by atoms with van der Waals surface area (Å²) >= 11 is 0. The summed E-state index contributed by atoms with van der Waals surface area (Å²) in [6.07, 6.45) is -43.0. The van der Waals surface area contributed by atoms with Crippen LogP contribution in [0.3, 0.4) is 0 Å². The molecule has 1 nitrogen and oxygen atoms in total. The van der Waals surface area contributed by atoms with E-state index in [-0.39, 0.29) is 0 Å². The van der Waals surface area contributed by atoms with E-state index in [9.17, 15) is 79.0 Å². The molecule has 0 aromatic carbocycles. The van der Waals surface area contributed by atoms with Gasteiger partial charge in [-0.2, -0.15) is 44.4 Å². The molecule has 3 unspecified atom stereocenters. The molecule has 0 radical (unpaired) electrons. The van der Waals surface area contributed by atoms with Crippen molar-refractivity contribution in [1.29, 1.82) is 0 Å². The number of hydrogen-bond acceptors (Lipinski definition) is 1. The maximum Gasteiger partial charge on any atom is 0.442 e. The highest BCUT2D eigenvalue weighted by molar-refractivity contribution is 5.09. The van der Waals surface area contributed by atoms with Crippen LogP contribution in [0.25, 0.3) is 0 Å². The van der Waals surface area contributed by atoms with E-state index < -0.39 is 60.1 Å². The normalized spacial score (nSPS) is 21.2. The van der Waals surface area contributed by atoms with Crippen molar-refractivity contribution < 1.29 is 79.0 Å². The van der Waals surface area contributed by atoms with Crippen LogP contribution in [-0.4, -0.2) is 60.1 Å². The van der Waals surface area contributed by atoms with Crippen LogP contribution in [0.15, 0.2) is 0 Å². The van der Waals surface area contributed by atoms with Crippen LogP contribution in [0.1, 0.15) is 0 Å². The molecule has 3 atom stereocenters. The molecule has 0 heterocycles. The Labute approximate surface area is 140 Å². The molecule has 19 heteroatoms. The van der Waals surface area contributed by atoms with Crippen molar-refractivity contribution in [2.75, 3.05) is 0 Å². The van der Waals surface area contributed by atoms with Crippen LogP contribution >= 0.6 is 0 Å². The van der Waals surface area contributed by atoms with Gasteiger partial charge in [-0.05, 0) is 0 Å². The average molecular weight is 467 g/mol. The second-order valence-corrected chi connectivity index (χ2v) is 4.75. The molecule has 0 saturated heterocycles. The van der Waals surface area contributed by atoms with E-state index in [4.69, 9.17) is 0 Å². The van der Waals surface area contributed by atoms with Crippen molar-refractivity contribution in [1.82, 2.24) is 4.90 Å². The first-order valence-corrected chi connectivity index (χ1v) is 5.86. The minimum absolute atomic E-state index is 4.59. The zero-order valence-corrected chi connectivity index (χ0v) is 12.0. The summed E-state index contributed by atoms with van der Waals surface area (Å²) in [6, 6.07) is 0. The van der Waals surface area contributed by atoms with Crippen molar-refractivity contribution in [3.8, 4) is 0 Å². The van der Waals surface area contributed by atoms with E-state index >= 15 is 0 Å². The zero-order chi connectivity index (χ0) is 23.3. The van der Waals surface area contributed by atoms with Crippen LogP contribution in [0.5, 0.6) is 0 Å². The molecule has 0 rings (SSSR count). The largest absolute Gasteiger partial charge is 0.442 e. The fraction of sp³-hybridized carbons (Fsp3) is 1.00. The molecule has 0 spiro atoms. The van der Waals surface area contributed by atoms with Crippen molar-refractivity contribution in [2.45, 2.75) is 55.2 Å². The number of halogens is 18. The molecule has 0 amide bonds. The quantitative estimate of drug-likeness (QED) is 0.355. The summed E-state index contributed by atoms with van der Waals surface area (Å²) in [7, 11) is 0. The van der Waals surface area contributed by atoms with Gasteiger partial charge >= 0.3 is 35.9 Å². The fourth-order valence-electron chi connectivity index (χ4n) is 1.75.